The van der Waals surface area contributed by atoms with Crippen LogP contribution in [0.4, 0.5) is 29.5 Å². The first-order chi connectivity index (χ1) is 13.2. The van der Waals surface area contributed by atoms with E-state index in [1.165, 1.54) is 23.1 Å². The van der Waals surface area contributed by atoms with Crippen LogP contribution in [0.3, 0.4) is 0 Å². The normalized spacial score (nSPS) is 16.8. The number of alkyl halides is 3. The van der Waals surface area contributed by atoms with E-state index >= 15 is 0 Å². The first-order valence-corrected chi connectivity index (χ1v) is 8.64. The van der Waals surface area contributed by atoms with Crippen LogP contribution in [-0.2, 0) is 6.18 Å². The molecule has 1 unspecified atom stereocenters. The first kappa shape index (κ1) is 19.7. The average Bonchev–Trinajstić information content (AvgIpc) is 3.10. The molecule has 1 fully saturated rings. The van der Waals surface area contributed by atoms with Crippen LogP contribution in [0.15, 0.2) is 36.4 Å². The second-order valence-corrected chi connectivity index (χ2v) is 6.57. The van der Waals surface area contributed by atoms with Gasteiger partial charge in [-0.25, -0.2) is 4.79 Å². The highest BCUT2D eigenvalue weighted by molar-refractivity contribution is 5.90. The number of carbonyl (C=O) groups excluding carboxylic acids is 1. The molecule has 1 N–H and O–H groups in total. The molecule has 1 aromatic carbocycles. The van der Waals surface area contributed by atoms with Crippen molar-refractivity contribution in [3.8, 4) is 5.88 Å². The molecular weight excluding hydrogens is 375 g/mol. The van der Waals surface area contributed by atoms with E-state index in [0.29, 0.717) is 24.7 Å². The number of nitrogens with zero attached hydrogens (tertiary/aromatic N) is 4. The summed E-state index contributed by atoms with van der Waals surface area (Å²) in [4.78, 5) is 15.6. The molecule has 10 heteroatoms. The van der Waals surface area contributed by atoms with Gasteiger partial charge in [-0.05, 0) is 18.2 Å². The SMILES string of the molecule is CN(C)c1ccc(OC2CCN(C(=O)Nc3ccccc3C(F)(F)F)C2)nn1. The summed E-state index contributed by atoms with van der Waals surface area (Å²) < 4.78 is 44.9. The number of benzene rings is 1. The summed E-state index contributed by atoms with van der Waals surface area (Å²) >= 11 is 0. The Bertz CT molecular complexity index is 827. The highest BCUT2D eigenvalue weighted by Crippen LogP contribution is 2.34. The van der Waals surface area contributed by atoms with Gasteiger partial charge in [0.05, 0.1) is 17.8 Å². The van der Waals surface area contributed by atoms with Crippen molar-refractivity contribution in [2.75, 3.05) is 37.4 Å². The first-order valence-electron chi connectivity index (χ1n) is 8.64. The third kappa shape index (κ3) is 4.62. The van der Waals surface area contributed by atoms with Crippen LogP contribution in [0, 0.1) is 0 Å². The number of halogens is 3. The van der Waals surface area contributed by atoms with Gasteiger partial charge in [0.2, 0.25) is 5.88 Å². The molecule has 1 saturated heterocycles. The van der Waals surface area contributed by atoms with Gasteiger partial charge in [-0.15, -0.1) is 10.2 Å². The lowest BCUT2D eigenvalue weighted by Gasteiger charge is -2.19. The predicted octanol–water partition coefficient (Wildman–Crippen LogP) is 3.25. The number of ether oxygens (including phenoxy) is 1. The molecule has 2 heterocycles. The van der Waals surface area contributed by atoms with Crippen LogP contribution >= 0.6 is 0 Å². The molecule has 0 aliphatic carbocycles. The monoisotopic (exact) mass is 395 g/mol. The van der Waals surface area contributed by atoms with Crippen LogP contribution in [0.25, 0.3) is 0 Å². The van der Waals surface area contributed by atoms with Gasteiger partial charge in [-0.1, -0.05) is 12.1 Å². The van der Waals surface area contributed by atoms with E-state index in [4.69, 9.17) is 4.74 Å². The fourth-order valence-corrected chi connectivity index (χ4v) is 2.83. The van der Waals surface area contributed by atoms with Crippen molar-refractivity contribution in [2.24, 2.45) is 0 Å². The maximum absolute atomic E-state index is 13.1. The zero-order valence-corrected chi connectivity index (χ0v) is 15.4. The van der Waals surface area contributed by atoms with E-state index in [1.54, 1.807) is 17.0 Å². The molecule has 2 aromatic rings. The fraction of sp³-hybridized carbons (Fsp3) is 0.389. The van der Waals surface area contributed by atoms with Crippen molar-refractivity contribution in [3.05, 3.63) is 42.0 Å². The standard InChI is InChI=1S/C18H20F3N5O2/c1-25(2)15-7-8-16(24-23-15)28-12-9-10-26(11-12)17(27)22-14-6-4-3-5-13(14)18(19,20)21/h3-8,12H,9-11H2,1-2H3,(H,22,27). The van der Waals surface area contributed by atoms with Gasteiger partial charge in [0.15, 0.2) is 5.82 Å². The Morgan fingerprint density at radius 1 is 1.21 bits per heavy atom. The van der Waals surface area contributed by atoms with E-state index in [-0.39, 0.29) is 18.3 Å². The molecule has 3 rings (SSSR count). The lowest BCUT2D eigenvalue weighted by Crippen LogP contribution is -2.35. The third-order valence-corrected chi connectivity index (χ3v) is 4.28. The molecule has 1 aliphatic rings. The number of anilines is 2. The minimum atomic E-state index is -4.54. The van der Waals surface area contributed by atoms with Crippen molar-refractivity contribution < 1.29 is 22.7 Å². The number of carbonyl (C=O) groups is 1. The molecule has 0 saturated carbocycles. The highest BCUT2D eigenvalue weighted by Gasteiger charge is 2.34. The number of rotatable bonds is 4. The predicted molar refractivity (Wildman–Crippen MR) is 97.4 cm³/mol. The Kier molecular flexibility index (Phi) is 5.57. The Morgan fingerprint density at radius 2 is 1.96 bits per heavy atom. The van der Waals surface area contributed by atoms with E-state index in [9.17, 15) is 18.0 Å². The molecule has 150 valence electrons. The van der Waals surface area contributed by atoms with Gasteiger partial charge in [-0.2, -0.15) is 13.2 Å². The number of likely N-dealkylation sites (tertiary alicyclic amines) is 1. The van der Waals surface area contributed by atoms with Gasteiger partial charge in [0.1, 0.15) is 6.10 Å². The minimum absolute atomic E-state index is 0.247. The largest absolute Gasteiger partial charge is 0.471 e. The Hall–Kier alpha value is -3.04. The molecule has 1 aromatic heterocycles. The fourth-order valence-electron chi connectivity index (χ4n) is 2.83. The Balaban J connectivity index is 1.59. The molecule has 1 atom stereocenters. The number of aromatic nitrogens is 2. The van der Waals surface area contributed by atoms with Crippen LogP contribution < -0.4 is 15.0 Å². The number of hydrogen-bond acceptors (Lipinski definition) is 5. The Morgan fingerprint density at radius 3 is 2.61 bits per heavy atom. The van der Waals surface area contributed by atoms with Crippen molar-refractivity contribution in [2.45, 2.75) is 18.7 Å². The second-order valence-electron chi connectivity index (χ2n) is 6.57. The van der Waals surface area contributed by atoms with Crippen molar-refractivity contribution in [1.29, 1.82) is 0 Å². The quantitative estimate of drug-likeness (QED) is 0.861. The highest BCUT2D eigenvalue weighted by atomic mass is 19.4. The zero-order valence-electron chi connectivity index (χ0n) is 15.4. The summed E-state index contributed by atoms with van der Waals surface area (Å²) in [7, 11) is 3.68. The Labute approximate surface area is 160 Å². The lowest BCUT2D eigenvalue weighted by molar-refractivity contribution is -0.136. The smallest absolute Gasteiger partial charge is 0.418 e. The molecule has 7 nitrogen and oxygen atoms in total. The maximum Gasteiger partial charge on any atom is 0.418 e. The van der Waals surface area contributed by atoms with Crippen molar-refractivity contribution >= 4 is 17.5 Å². The van der Waals surface area contributed by atoms with E-state index < -0.39 is 17.8 Å². The van der Waals surface area contributed by atoms with Gasteiger partial charge in [0, 0.05) is 33.1 Å². The van der Waals surface area contributed by atoms with E-state index in [2.05, 4.69) is 15.5 Å². The minimum Gasteiger partial charge on any atom is -0.471 e. The molecule has 0 bridgehead atoms. The topological polar surface area (TPSA) is 70.6 Å². The molecule has 2 amide bonds. The maximum atomic E-state index is 13.1. The van der Waals surface area contributed by atoms with Gasteiger partial charge in [-0.3, -0.25) is 0 Å². The molecule has 0 spiro atoms. The van der Waals surface area contributed by atoms with Crippen molar-refractivity contribution in [1.82, 2.24) is 15.1 Å². The number of amides is 2. The van der Waals surface area contributed by atoms with Gasteiger partial charge in [0.25, 0.3) is 0 Å². The second kappa shape index (κ2) is 7.91. The molecular formula is C18H20F3N5O2. The summed E-state index contributed by atoms with van der Waals surface area (Å²) in [6.45, 7) is 0.616. The lowest BCUT2D eigenvalue weighted by atomic mass is 10.1. The van der Waals surface area contributed by atoms with Gasteiger partial charge >= 0.3 is 12.2 Å². The summed E-state index contributed by atoms with van der Waals surface area (Å²) in [5.74, 6) is 1.02. The van der Waals surface area contributed by atoms with Gasteiger partial charge < -0.3 is 19.9 Å². The number of urea groups is 1. The summed E-state index contributed by atoms with van der Waals surface area (Å²) in [5.41, 5.74) is -1.15. The third-order valence-electron chi connectivity index (χ3n) is 4.28. The summed E-state index contributed by atoms with van der Waals surface area (Å²) in [6, 6.07) is 7.73. The molecule has 1 aliphatic heterocycles. The van der Waals surface area contributed by atoms with Crippen LogP contribution in [0.1, 0.15) is 12.0 Å². The van der Waals surface area contributed by atoms with E-state index in [1.807, 2.05) is 14.1 Å². The summed E-state index contributed by atoms with van der Waals surface area (Å²) in [5, 5.41) is 10.3. The van der Waals surface area contributed by atoms with Crippen LogP contribution in [-0.4, -0.2) is 54.4 Å². The number of para-hydroxylation sites is 1. The number of nitrogens with one attached hydrogen (secondary N) is 1. The van der Waals surface area contributed by atoms with Crippen LogP contribution in [0.5, 0.6) is 5.88 Å². The molecule has 0 radical (unpaired) electrons. The number of hydrogen-bond donors (Lipinski definition) is 1. The average molecular weight is 395 g/mol. The van der Waals surface area contributed by atoms with Crippen LogP contribution in [0.2, 0.25) is 0 Å². The summed E-state index contributed by atoms with van der Waals surface area (Å²) in [6.07, 6.45) is -4.30. The molecule has 28 heavy (non-hydrogen) atoms. The van der Waals surface area contributed by atoms with E-state index in [0.717, 1.165) is 6.07 Å². The van der Waals surface area contributed by atoms with Crippen molar-refractivity contribution in [3.63, 3.8) is 0 Å². The zero-order chi connectivity index (χ0) is 20.3.